The normalized spacial score (nSPS) is 37.5. The van der Waals surface area contributed by atoms with Crippen LogP contribution in [0.2, 0.25) is 0 Å². The summed E-state index contributed by atoms with van der Waals surface area (Å²) in [4.78, 5) is 10.7. The fraction of sp³-hybridized carbons (Fsp3) is 0.545. The van der Waals surface area contributed by atoms with Gasteiger partial charge < -0.3 is 4.79 Å². The van der Waals surface area contributed by atoms with Crippen LogP contribution in [0.25, 0.3) is 0 Å². The number of carbonyl (C=O) groups excluding carboxylic acids is 1. The van der Waals surface area contributed by atoms with Crippen molar-refractivity contribution >= 4 is 6.29 Å². The van der Waals surface area contributed by atoms with Crippen molar-refractivity contribution in [2.75, 3.05) is 0 Å². The summed E-state index contributed by atoms with van der Waals surface area (Å²) in [6.07, 6.45) is 6.63. The van der Waals surface area contributed by atoms with E-state index in [9.17, 15) is 4.79 Å². The number of rotatable bonds is 1. The van der Waals surface area contributed by atoms with E-state index in [0.29, 0.717) is 11.8 Å². The Balaban J connectivity index is 2.36. The summed E-state index contributed by atoms with van der Waals surface area (Å²) in [5.74, 6) is 1.29. The van der Waals surface area contributed by atoms with Crippen LogP contribution in [0.5, 0.6) is 0 Å². The summed E-state index contributed by atoms with van der Waals surface area (Å²) < 4.78 is 0. The van der Waals surface area contributed by atoms with E-state index in [1.165, 1.54) is 11.1 Å². The summed E-state index contributed by atoms with van der Waals surface area (Å²) in [7, 11) is 0. The van der Waals surface area contributed by atoms with E-state index in [4.69, 9.17) is 0 Å². The second-order valence-electron chi connectivity index (χ2n) is 4.01. The number of fused-ring (bicyclic) bond motifs is 2. The molecule has 0 unspecified atom stereocenters. The quantitative estimate of drug-likeness (QED) is 0.427. The SMILES string of the molecule is CC(C)=C1[C@@H]2C=C[C@H]1[C@@H](C=O)C2. The Bertz CT molecular complexity index is 269. The first-order valence-corrected chi connectivity index (χ1v) is 4.55. The summed E-state index contributed by atoms with van der Waals surface area (Å²) in [6.45, 7) is 4.30. The van der Waals surface area contributed by atoms with Crippen molar-refractivity contribution in [2.24, 2.45) is 17.8 Å². The van der Waals surface area contributed by atoms with E-state index < -0.39 is 0 Å². The van der Waals surface area contributed by atoms with Gasteiger partial charge in [-0.1, -0.05) is 23.3 Å². The monoisotopic (exact) mass is 162 g/mol. The van der Waals surface area contributed by atoms with E-state index in [1.54, 1.807) is 0 Å². The predicted molar refractivity (Wildman–Crippen MR) is 48.7 cm³/mol. The molecule has 0 aromatic heterocycles. The summed E-state index contributed by atoms with van der Waals surface area (Å²) >= 11 is 0. The Morgan fingerprint density at radius 2 is 2.25 bits per heavy atom. The zero-order valence-electron chi connectivity index (χ0n) is 7.58. The van der Waals surface area contributed by atoms with Gasteiger partial charge >= 0.3 is 0 Å². The molecule has 0 amide bonds. The van der Waals surface area contributed by atoms with Gasteiger partial charge in [0, 0.05) is 11.8 Å². The fourth-order valence-corrected chi connectivity index (χ4v) is 2.57. The van der Waals surface area contributed by atoms with Gasteiger partial charge in [-0.25, -0.2) is 0 Å². The average molecular weight is 162 g/mol. The fourth-order valence-electron chi connectivity index (χ4n) is 2.57. The molecule has 1 heteroatoms. The van der Waals surface area contributed by atoms with E-state index in [0.717, 1.165) is 12.7 Å². The van der Waals surface area contributed by atoms with Crippen molar-refractivity contribution in [1.82, 2.24) is 0 Å². The minimum Gasteiger partial charge on any atom is -0.303 e. The lowest BCUT2D eigenvalue weighted by Crippen LogP contribution is -2.08. The average Bonchev–Trinajstić information content (AvgIpc) is 2.59. The predicted octanol–water partition coefficient (Wildman–Crippen LogP) is 2.34. The maximum Gasteiger partial charge on any atom is 0.124 e. The van der Waals surface area contributed by atoms with Crippen molar-refractivity contribution in [1.29, 1.82) is 0 Å². The largest absolute Gasteiger partial charge is 0.303 e. The standard InChI is InChI=1S/C11H14O/c1-7(2)11-8-3-4-10(11)9(5-8)6-12/h3-4,6,8-10H,5H2,1-2H3/t8-,9-,10+/m1/s1. The molecule has 1 fully saturated rings. The van der Waals surface area contributed by atoms with E-state index >= 15 is 0 Å². The van der Waals surface area contributed by atoms with E-state index in [-0.39, 0.29) is 5.92 Å². The van der Waals surface area contributed by atoms with Crippen molar-refractivity contribution < 1.29 is 4.79 Å². The molecule has 1 nitrogen and oxygen atoms in total. The van der Waals surface area contributed by atoms with Crippen LogP contribution in [-0.2, 0) is 4.79 Å². The Kier molecular flexibility index (Phi) is 1.67. The molecule has 64 valence electrons. The van der Waals surface area contributed by atoms with Crippen LogP contribution in [0.4, 0.5) is 0 Å². The molecule has 3 atom stereocenters. The number of aldehydes is 1. The van der Waals surface area contributed by atoms with Crippen LogP contribution in [0.3, 0.4) is 0 Å². The zero-order chi connectivity index (χ0) is 8.72. The van der Waals surface area contributed by atoms with Gasteiger partial charge in [-0.3, -0.25) is 0 Å². The number of allylic oxidation sites excluding steroid dienone is 4. The van der Waals surface area contributed by atoms with Crippen LogP contribution in [0.1, 0.15) is 20.3 Å². The number of hydrogen-bond acceptors (Lipinski definition) is 1. The molecule has 0 aromatic rings. The smallest absolute Gasteiger partial charge is 0.124 e. The van der Waals surface area contributed by atoms with E-state index in [1.807, 2.05) is 0 Å². The third-order valence-corrected chi connectivity index (χ3v) is 3.05. The molecule has 2 aliphatic rings. The van der Waals surface area contributed by atoms with Gasteiger partial charge in [0.1, 0.15) is 6.29 Å². The number of carbonyl (C=O) groups is 1. The van der Waals surface area contributed by atoms with Gasteiger partial charge in [0.2, 0.25) is 0 Å². The maximum atomic E-state index is 10.7. The van der Waals surface area contributed by atoms with Crippen LogP contribution in [0, 0.1) is 17.8 Å². The molecule has 2 rings (SSSR count). The molecule has 0 spiro atoms. The highest BCUT2D eigenvalue weighted by Gasteiger charge is 2.40. The molecule has 0 radical (unpaired) electrons. The second-order valence-corrected chi connectivity index (χ2v) is 4.01. The van der Waals surface area contributed by atoms with Crippen molar-refractivity contribution in [3.8, 4) is 0 Å². The highest BCUT2D eigenvalue weighted by Crippen LogP contribution is 2.48. The van der Waals surface area contributed by atoms with Crippen molar-refractivity contribution in [3.05, 3.63) is 23.3 Å². The second kappa shape index (κ2) is 2.58. The lowest BCUT2D eigenvalue weighted by Gasteiger charge is -2.09. The molecule has 0 N–H and O–H groups in total. The van der Waals surface area contributed by atoms with Crippen LogP contribution < -0.4 is 0 Å². The molecule has 2 bridgehead atoms. The molecular weight excluding hydrogens is 148 g/mol. The molecule has 0 aliphatic heterocycles. The molecule has 0 heterocycles. The lowest BCUT2D eigenvalue weighted by molar-refractivity contribution is -0.111. The minimum absolute atomic E-state index is 0.268. The Labute approximate surface area is 73.2 Å². The molecular formula is C11H14O. The molecule has 2 aliphatic carbocycles. The van der Waals surface area contributed by atoms with Gasteiger partial charge in [-0.2, -0.15) is 0 Å². The first-order valence-electron chi connectivity index (χ1n) is 4.55. The van der Waals surface area contributed by atoms with Crippen LogP contribution >= 0.6 is 0 Å². The Morgan fingerprint density at radius 3 is 2.67 bits per heavy atom. The van der Waals surface area contributed by atoms with Gasteiger partial charge in [0.15, 0.2) is 0 Å². The van der Waals surface area contributed by atoms with Crippen LogP contribution in [0.15, 0.2) is 23.3 Å². The molecule has 1 saturated carbocycles. The highest BCUT2D eigenvalue weighted by atomic mass is 16.1. The van der Waals surface area contributed by atoms with E-state index in [2.05, 4.69) is 26.0 Å². The van der Waals surface area contributed by atoms with Gasteiger partial charge in [0.05, 0.1) is 0 Å². The third kappa shape index (κ3) is 0.889. The Morgan fingerprint density at radius 1 is 1.50 bits per heavy atom. The zero-order valence-corrected chi connectivity index (χ0v) is 7.58. The summed E-state index contributed by atoms with van der Waals surface area (Å²) in [5.41, 5.74) is 2.91. The third-order valence-electron chi connectivity index (χ3n) is 3.05. The minimum atomic E-state index is 0.268. The lowest BCUT2D eigenvalue weighted by atomic mass is 9.94. The highest BCUT2D eigenvalue weighted by molar-refractivity contribution is 5.60. The summed E-state index contributed by atoms with van der Waals surface area (Å²) in [6, 6.07) is 0. The van der Waals surface area contributed by atoms with Gasteiger partial charge in [0.25, 0.3) is 0 Å². The molecule has 0 aromatic carbocycles. The molecule has 0 saturated heterocycles. The van der Waals surface area contributed by atoms with Crippen molar-refractivity contribution in [3.63, 3.8) is 0 Å². The topological polar surface area (TPSA) is 17.1 Å². The maximum absolute atomic E-state index is 10.7. The first kappa shape index (κ1) is 7.78. The summed E-state index contributed by atoms with van der Waals surface area (Å²) in [5, 5.41) is 0. The number of hydrogen-bond donors (Lipinski definition) is 0. The van der Waals surface area contributed by atoms with Crippen LogP contribution in [-0.4, -0.2) is 6.29 Å². The Hall–Kier alpha value is -0.850. The van der Waals surface area contributed by atoms with Gasteiger partial charge in [-0.15, -0.1) is 0 Å². The van der Waals surface area contributed by atoms with Crippen molar-refractivity contribution in [2.45, 2.75) is 20.3 Å². The van der Waals surface area contributed by atoms with Gasteiger partial charge in [-0.05, 0) is 26.2 Å². The molecule has 12 heavy (non-hydrogen) atoms. The first-order chi connectivity index (χ1) is 5.74.